The molecule has 1 fully saturated rings. The SMILES string of the molecule is Cc1ccccc1CNC(=O)C1CC1C(=O)NCc1ccc(Cl)cc1. The maximum Gasteiger partial charge on any atom is 0.224 e. The monoisotopic (exact) mass is 356 g/mol. The minimum atomic E-state index is -0.218. The molecular formula is C20H21ClN2O2. The van der Waals surface area contributed by atoms with E-state index in [4.69, 9.17) is 11.6 Å². The van der Waals surface area contributed by atoms with Crippen molar-refractivity contribution >= 4 is 23.4 Å². The third-order valence-electron chi connectivity index (χ3n) is 4.56. The number of amides is 2. The lowest BCUT2D eigenvalue weighted by molar-refractivity contribution is -0.127. The standard InChI is InChI=1S/C20H21ClN2O2/c1-13-4-2-3-5-15(13)12-23-20(25)18-10-17(18)19(24)22-11-14-6-8-16(21)9-7-14/h2-9,17-18H,10-12H2,1H3,(H,22,24)(H,23,25). The van der Waals surface area contributed by atoms with Crippen LogP contribution in [0, 0.1) is 18.8 Å². The minimum Gasteiger partial charge on any atom is -0.352 e. The average molecular weight is 357 g/mol. The van der Waals surface area contributed by atoms with Gasteiger partial charge in [-0.15, -0.1) is 0 Å². The number of benzene rings is 2. The van der Waals surface area contributed by atoms with Gasteiger partial charge in [-0.05, 0) is 42.2 Å². The van der Waals surface area contributed by atoms with E-state index in [1.54, 1.807) is 12.1 Å². The van der Waals surface area contributed by atoms with Crippen LogP contribution in [-0.4, -0.2) is 11.8 Å². The Labute approximate surface area is 152 Å². The molecule has 25 heavy (non-hydrogen) atoms. The van der Waals surface area contributed by atoms with Gasteiger partial charge < -0.3 is 10.6 Å². The fourth-order valence-corrected chi connectivity index (χ4v) is 2.94. The Bertz CT molecular complexity index is 774. The van der Waals surface area contributed by atoms with Gasteiger partial charge in [-0.1, -0.05) is 48.0 Å². The Morgan fingerprint density at radius 2 is 1.56 bits per heavy atom. The van der Waals surface area contributed by atoms with Crippen LogP contribution in [0.25, 0.3) is 0 Å². The first-order chi connectivity index (χ1) is 12.0. The quantitative estimate of drug-likeness (QED) is 0.835. The summed E-state index contributed by atoms with van der Waals surface area (Å²) in [6.45, 7) is 2.97. The smallest absolute Gasteiger partial charge is 0.224 e. The lowest BCUT2D eigenvalue weighted by atomic mass is 10.1. The number of hydrogen-bond acceptors (Lipinski definition) is 2. The van der Waals surface area contributed by atoms with Gasteiger partial charge >= 0.3 is 0 Å². The molecule has 0 aliphatic heterocycles. The first kappa shape index (κ1) is 17.5. The first-order valence-corrected chi connectivity index (χ1v) is 8.77. The van der Waals surface area contributed by atoms with E-state index < -0.39 is 0 Å². The zero-order valence-corrected chi connectivity index (χ0v) is 14.8. The van der Waals surface area contributed by atoms with Crippen LogP contribution in [0.4, 0.5) is 0 Å². The predicted molar refractivity (Wildman–Crippen MR) is 97.9 cm³/mol. The third-order valence-corrected chi connectivity index (χ3v) is 4.81. The largest absolute Gasteiger partial charge is 0.352 e. The van der Waals surface area contributed by atoms with Gasteiger partial charge in [0.05, 0.1) is 11.8 Å². The van der Waals surface area contributed by atoms with Crippen LogP contribution < -0.4 is 10.6 Å². The highest BCUT2D eigenvalue weighted by molar-refractivity contribution is 6.30. The molecule has 0 bridgehead atoms. The lowest BCUT2D eigenvalue weighted by Gasteiger charge is -2.08. The summed E-state index contributed by atoms with van der Waals surface area (Å²) in [5.74, 6) is -0.542. The van der Waals surface area contributed by atoms with Crippen LogP contribution in [0.15, 0.2) is 48.5 Å². The fraction of sp³-hybridized carbons (Fsp3) is 0.300. The van der Waals surface area contributed by atoms with Crippen LogP contribution in [0.3, 0.4) is 0 Å². The minimum absolute atomic E-state index is 0.0464. The Hall–Kier alpha value is -2.33. The molecule has 0 saturated heterocycles. The number of carbonyl (C=O) groups excluding carboxylic acids is 2. The molecule has 0 spiro atoms. The van der Waals surface area contributed by atoms with E-state index in [1.807, 2.05) is 43.3 Å². The van der Waals surface area contributed by atoms with Crippen molar-refractivity contribution in [2.75, 3.05) is 0 Å². The predicted octanol–water partition coefficient (Wildman–Crippen LogP) is 3.22. The van der Waals surface area contributed by atoms with Crippen molar-refractivity contribution in [3.63, 3.8) is 0 Å². The highest BCUT2D eigenvalue weighted by Crippen LogP contribution is 2.38. The molecule has 2 N–H and O–H groups in total. The first-order valence-electron chi connectivity index (χ1n) is 8.39. The number of rotatable bonds is 6. The zero-order chi connectivity index (χ0) is 17.8. The second kappa shape index (κ2) is 7.70. The van der Waals surface area contributed by atoms with Gasteiger partial charge in [-0.25, -0.2) is 0 Å². The van der Waals surface area contributed by atoms with Crippen molar-refractivity contribution in [3.05, 3.63) is 70.2 Å². The van der Waals surface area contributed by atoms with E-state index in [1.165, 1.54) is 0 Å². The summed E-state index contributed by atoms with van der Waals surface area (Å²) in [4.78, 5) is 24.4. The van der Waals surface area contributed by atoms with E-state index in [9.17, 15) is 9.59 Å². The van der Waals surface area contributed by atoms with Crippen molar-refractivity contribution in [2.45, 2.75) is 26.4 Å². The van der Waals surface area contributed by atoms with Crippen LogP contribution in [0.1, 0.15) is 23.1 Å². The molecule has 5 heteroatoms. The van der Waals surface area contributed by atoms with E-state index in [-0.39, 0.29) is 23.7 Å². The number of carbonyl (C=O) groups is 2. The maximum absolute atomic E-state index is 12.2. The van der Waals surface area contributed by atoms with Gasteiger partial charge in [0.15, 0.2) is 0 Å². The van der Waals surface area contributed by atoms with Crippen molar-refractivity contribution in [1.82, 2.24) is 10.6 Å². The van der Waals surface area contributed by atoms with Crippen molar-refractivity contribution < 1.29 is 9.59 Å². The van der Waals surface area contributed by atoms with Gasteiger partial charge in [0, 0.05) is 18.1 Å². The van der Waals surface area contributed by atoms with Crippen LogP contribution >= 0.6 is 11.6 Å². The highest BCUT2D eigenvalue weighted by atomic mass is 35.5. The number of nitrogens with one attached hydrogen (secondary N) is 2. The van der Waals surface area contributed by atoms with Gasteiger partial charge in [-0.2, -0.15) is 0 Å². The molecule has 1 aliphatic rings. The van der Waals surface area contributed by atoms with Crippen molar-refractivity contribution in [3.8, 4) is 0 Å². The van der Waals surface area contributed by atoms with E-state index in [2.05, 4.69) is 10.6 Å². The molecular weight excluding hydrogens is 336 g/mol. The molecule has 3 rings (SSSR count). The highest BCUT2D eigenvalue weighted by Gasteiger charge is 2.47. The van der Waals surface area contributed by atoms with E-state index in [0.29, 0.717) is 24.5 Å². The summed E-state index contributed by atoms with van der Waals surface area (Å²) in [7, 11) is 0. The van der Waals surface area contributed by atoms with Crippen LogP contribution in [0.5, 0.6) is 0 Å². The number of aryl methyl sites for hydroxylation is 1. The van der Waals surface area contributed by atoms with Gasteiger partial charge in [0.2, 0.25) is 11.8 Å². The Kier molecular flexibility index (Phi) is 5.39. The van der Waals surface area contributed by atoms with E-state index >= 15 is 0 Å². The second-order valence-electron chi connectivity index (χ2n) is 6.44. The second-order valence-corrected chi connectivity index (χ2v) is 6.87. The van der Waals surface area contributed by atoms with Gasteiger partial charge in [0.1, 0.15) is 0 Å². The van der Waals surface area contributed by atoms with Gasteiger partial charge in [0.25, 0.3) is 0 Å². The molecule has 0 aromatic heterocycles. The molecule has 2 aromatic carbocycles. The molecule has 1 aliphatic carbocycles. The lowest BCUT2D eigenvalue weighted by Crippen LogP contribution is -2.29. The Morgan fingerprint density at radius 3 is 2.20 bits per heavy atom. The van der Waals surface area contributed by atoms with Gasteiger partial charge in [-0.3, -0.25) is 9.59 Å². The zero-order valence-electron chi connectivity index (χ0n) is 14.1. The van der Waals surface area contributed by atoms with Crippen molar-refractivity contribution in [1.29, 1.82) is 0 Å². The summed E-state index contributed by atoms with van der Waals surface area (Å²) in [6.07, 6.45) is 0.617. The molecule has 130 valence electrons. The Morgan fingerprint density at radius 1 is 0.960 bits per heavy atom. The van der Waals surface area contributed by atoms with Crippen LogP contribution in [0.2, 0.25) is 5.02 Å². The number of halogens is 1. The molecule has 4 nitrogen and oxygen atoms in total. The summed E-state index contributed by atoms with van der Waals surface area (Å²) in [5.41, 5.74) is 3.23. The number of hydrogen-bond donors (Lipinski definition) is 2. The molecule has 2 atom stereocenters. The molecule has 2 amide bonds. The maximum atomic E-state index is 12.2. The topological polar surface area (TPSA) is 58.2 Å². The molecule has 2 aromatic rings. The fourth-order valence-electron chi connectivity index (χ4n) is 2.82. The summed E-state index contributed by atoms with van der Waals surface area (Å²) in [5, 5.41) is 6.49. The molecule has 2 unspecified atom stereocenters. The molecule has 0 heterocycles. The summed E-state index contributed by atoms with van der Waals surface area (Å²) < 4.78 is 0. The molecule has 1 saturated carbocycles. The third kappa shape index (κ3) is 4.60. The normalized spacial score (nSPS) is 18.5. The Balaban J connectivity index is 1.43. The molecule has 0 radical (unpaired) electrons. The van der Waals surface area contributed by atoms with Crippen LogP contribution in [-0.2, 0) is 22.7 Å². The van der Waals surface area contributed by atoms with E-state index in [0.717, 1.165) is 16.7 Å². The average Bonchev–Trinajstić information content (AvgIpc) is 3.41. The van der Waals surface area contributed by atoms with Crippen molar-refractivity contribution in [2.24, 2.45) is 11.8 Å². The summed E-state index contributed by atoms with van der Waals surface area (Å²) in [6, 6.07) is 15.3. The summed E-state index contributed by atoms with van der Waals surface area (Å²) >= 11 is 5.84.